The Morgan fingerprint density at radius 1 is 0.364 bits per heavy atom. The molecule has 0 aromatic rings. The second-order valence-corrected chi connectivity index (χ2v) is 7.85. The van der Waals surface area contributed by atoms with Crippen molar-refractivity contribution in [2.75, 3.05) is 0 Å². The summed E-state index contributed by atoms with van der Waals surface area (Å²) in [5.41, 5.74) is 0. The fraction of sp³-hybridized carbons (Fsp3) is 1.00. The molecule has 4 heteroatoms. The van der Waals surface area contributed by atoms with Crippen molar-refractivity contribution in [3.05, 3.63) is 0 Å². The Kier molecular flexibility index (Phi) is 3.70. The molecule has 124 valence electrons. The Morgan fingerprint density at radius 2 is 0.727 bits per heavy atom. The SMILES string of the molecule is C1CCC2OC3C(CCC4OC5CCCCC5OC43)OC2C1. The fourth-order valence-electron chi connectivity index (χ4n) is 5.30. The molecule has 0 amide bonds. The van der Waals surface area contributed by atoms with E-state index in [2.05, 4.69) is 0 Å². The van der Waals surface area contributed by atoms with Crippen LogP contribution >= 0.6 is 0 Å². The third-order valence-electron chi connectivity index (χ3n) is 6.44. The highest BCUT2D eigenvalue weighted by molar-refractivity contribution is 5.00. The van der Waals surface area contributed by atoms with Gasteiger partial charge < -0.3 is 18.9 Å². The maximum atomic E-state index is 6.51. The summed E-state index contributed by atoms with van der Waals surface area (Å²) in [6.45, 7) is 0. The Hall–Kier alpha value is -0.160. The molecule has 0 bridgehead atoms. The number of fused-ring (bicyclic) bond motifs is 5. The van der Waals surface area contributed by atoms with Gasteiger partial charge in [0.1, 0.15) is 12.2 Å². The lowest BCUT2D eigenvalue weighted by molar-refractivity contribution is -0.324. The second-order valence-electron chi connectivity index (χ2n) is 7.85. The van der Waals surface area contributed by atoms with Crippen LogP contribution in [0.3, 0.4) is 0 Å². The summed E-state index contributed by atoms with van der Waals surface area (Å²) in [6, 6.07) is 0. The molecular weight excluding hydrogens is 280 g/mol. The lowest BCUT2D eigenvalue weighted by Crippen LogP contribution is -2.64. The average Bonchev–Trinajstić information content (AvgIpc) is 2.58. The molecule has 0 radical (unpaired) electrons. The molecule has 0 aromatic carbocycles. The van der Waals surface area contributed by atoms with Gasteiger partial charge in [-0.3, -0.25) is 0 Å². The monoisotopic (exact) mass is 308 g/mol. The minimum atomic E-state index is 0.0981. The molecule has 2 saturated heterocycles. The van der Waals surface area contributed by atoms with Crippen molar-refractivity contribution < 1.29 is 18.9 Å². The van der Waals surface area contributed by atoms with Crippen molar-refractivity contribution in [3.63, 3.8) is 0 Å². The highest BCUT2D eigenvalue weighted by Gasteiger charge is 2.52. The van der Waals surface area contributed by atoms with Crippen molar-refractivity contribution in [2.45, 2.75) is 113 Å². The third kappa shape index (κ3) is 2.34. The molecule has 0 spiro atoms. The van der Waals surface area contributed by atoms with Gasteiger partial charge in [-0.1, -0.05) is 25.7 Å². The Balaban J connectivity index is 1.34. The van der Waals surface area contributed by atoms with Gasteiger partial charge in [-0.25, -0.2) is 0 Å². The molecule has 3 aliphatic carbocycles. The van der Waals surface area contributed by atoms with Gasteiger partial charge in [0.2, 0.25) is 0 Å². The number of hydrogen-bond donors (Lipinski definition) is 0. The van der Waals surface area contributed by atoms with Gasteiger partial charge in [-0.2, -0.15) is 0 Å². The van der Waals surface area contributed by atoms with Gasteiger partial charge in [0.15, 0.2) is 0 Å². The molecular formula is C18H28O4. The Bertz CT molecular complexity index is 376. The highest BCUT2D eigenvalue weighted by atomic mass is 16.6. The van der Waals surface area contributed by atoms with Crippen LogP contribution in [0.1, 0.15) is 64.2 Å². The Morgan fingerprint density at radius 3 is 1.14 bits per heavy atom. The van der Waals surface area contributed by atoms with E-state index in [9.17, 15) is 0 Å². The number of ether oxygens (including phenoxy) is 4. The van der Waals surface area contributed by atoms with Crippen molar-refractivity contribution in [1.82, 2.24) is 0 Å². The summed E-state index contributed by atoms with van der Waals surface area (Å²) in [7, 11) is 0. The van der Waals surface area contributed by atoms with Gasteiger partial charge in [-0.15, -0.1) is 0 Å². The van der Waals surface area contributed by atoms with E-state index in [1.54, 1.807) is 0 Å². The van der Waals surface area contributed by atoms with Gasteiger partial charge in [0, 0.05) is 0 Å². The second kappa shape index (κ2) is 5.73. The molecule has 8 atom stereocenters. The molecule has 2 heterocycles. The molecule has 22 heavy (non-hydrogen) atoms. The van der Waals surface area contributed by atoms with Crippen LogP contribution in [0.2, 0.25) is 0 Å². The summed E-state index contributed by atoms with van der Waals surface area (Å²) in [5, 5.41) is 0. The quantitative estimate of drug-likeness (QED) is 0.689. The number of rotatable bonds is 0. The van der Waals surface area contributed by atoms with Gasteiger partial charge in [-0.05, 0) is 38.5 Å². The predicted octanol–water partition coefficient (Wildman–Crippen LogP) is 2.97. The van der Waals surface area contributed by atoms with Crippen LogP contribution in [0.4, 0.5) is 0 Å². The van der Waals surface area contributed by atoms with E-state index in [4.69, 9.17) is 18.9 Å². The van der Waals surface area contributed by atoms with E-state index in [0.717, 1.165) is 25.7 Å². The van der Waals surface area contributed by atoms with Crippen molar-refractivity contribution in [1.29, 1.82) is 0 Å². The van der Waals surface area contributed by atoms with Crippen molar-refractivity contribution >= 4 is 0 Å². The van der Waals surface area contributed by atoms with Crippen molar-refractivity contribution in [3.8, 4) is 0 Å². The van der Waals surface area contributed by atoms with Gasteiger partial charge in [0.25, 0.3) is 0 Å². The zero-order valence-electron chi connectivity index (χ0n) is 13.3. The van der Waals surface area contributed by atoms with Crippen LogP contribution in [0.25, 0.3) is 0 Å². The average molecular weight is 308 g/mol. The maximum absolute atomic E-state index is 6.51. The Labute approximate surface area is 132 Å². The van der Waals surface area contributed by atoms with E-state index in [1.165, 1.54) is 38.5 Å². The predicted molar refractivity (Wildman–Crippen MR) is 80.8 cm³/mol. The van der Waals surface area contributed by atoms with Crippen LogP contribution in [0, 0.1) is 0 Å². The molecule has 2 aliphatic heterocycles. The molecule has 5 aliphatic rings. The molecule has 8 unspecified atom stereocenters. The third-order valence-corrected chi connectivity index (χ3v) is 6.44. The van der Waals surface area contributed by atoms with E-state index in [1.807, 2.05) is 0 Å². The first-order chi connectivity index (χ1) is 10.9. The summed E-state index contributed by atoms with van der Waals surface area (Å²) >= 11 is 0. The van der Waals surface area contributed by atoms with E-state index in [0.29, 0.717) is 24.4 Å². The van der Waals surface area contributed by atoms with Crippen LogP contribution in [-0.4, -0.2) is 48.8 Å². The smallest absolute Gasteiger partial charge is 0.113 e. The normalized spacial score (nSPS) is 54.5. The molecule has 0 aromatic heterocycles. The zero-order chi connectivity index (χ0) is 14.5. The zero-order valence-corrected chi connectivity index (χ0v) is 13.3. The van der Waals surface area contributed by atoms with Crippen LogP contribution in [-0.2, 0) is 18.9 Å². The minimum Gasteiger partial charge on any atom is -0.369 e. The minimum absolute atomic E-state index is 0.0981. The lowest BCUT2D eigenvalue weighted by Gasteiger charge is -2.54. The summed E-state index contributed by atoms with van der Waals surface area (Å²) < 4.78 is 25.9. The summed E-state index contributed by atoms with van der Waals surface area (Å²) in [4.78, 5) is 0. The maximum Gasteiger partial charge on any atom is 0.113 e. The first-order valence-corrected chi connectivity index (χ1v) is 9.50. The topological polar surface area (TPSA) is 36.9 Å². The summed E-state index contributed by atoms with van der Waals surface area (Å²) in [5.74, 6) is 0. The molecule has 5 rings (SSSR count). The van der Waals surface area contributed by atoms with E-state index in [-0.39, 0.29) is 24.4 Å². The number of hydrogen-bond acceptors (Lipinski definition) is 4. The van der Waals surface area contributed by atoms with Crippen LogP contribution in [0.15, 0.2) is 0 Å². The van der Waals surface area contributed by atoms with E-state index < -0.39 is 0 Å². The van der Waals surface area contributed by atoms with Gasteiger partial charge >= 0.3 is 0 Å². The van der Waals surface area contributed by atoms with Crippen LogP contribution < -0.4 is 0 Å². The lowest BCUT2D eigenvalue weighted by atomic mass is 9.83. The first-order valence-electron chi connectivity index (χ1n) is 9.50. The molecule has 5 fully saturated rings. The summed E-state index contributed by atoms with van der Waals surface area (Å²) in [6.07, 6.45) is 13.8. The molecule has 4 nitrogen and oxygen atoms in total. The van der Waals surface area contributed by atoms with E-state index >= 15 is 0 Å². The fourth-order valence-corrected chi connectivity index (χ4v) is 5.30. The molecule has 0 N–H and O–H groups in total. The van der Waals surface area contributed by atoms with Crippen LogP contribution in [0.5, 0.6) is 0 Å². The highest BCUT2D eigenvalue weighted by Crippen LogP contribution is 2.42. The largest absolute Gasteiger partial charge is 0.369 e. The van der Waals surface area contributed by atoms with Gasteiger partial charge in [0.05, 0.1) is 36.6 Å². The van der Waals surface area contributed by atoms with Crippen molar-refractivity contribution in [2.24, 2.45) is 0 Å². The first kappa shape index (κ1) is 14.2. The molecule has 3 saturated carbocycles. The standard InChI is InChI=1S/C18H28O4/c1-3-7-13-11(5-1)19-15-9-10-16-18(17(15)21-13)22-14-8-4-2-6-12(14)20-16/h11-18H,1-10H2.